The molecule has 0 amide bonds. The van der Waals surface area contributed by atoms with Crippen LogP contribution in [0.3, 0.4) is 0 Å². The first-order valence-electron chi connectivity index (χ1n) is 12.5. The van der Waals surface area contributed by atoms with Crippen molar-refractivity contribution in [2.45, 2.75) is 99.5 Å². The van der Waals surface area contributed by atoms with Gasteiger partial charge in [-0.1, -0.05) is 63.3 Å². The summed E-state index contributed by atoms with van der Waals surface area (Å²) in [4.78, 5) is 12.0. The number of halogens is 17. The second-order valence-electron chi connectivity index (χ2n) is 10.4. The van der Waals surface area contributed by atoms with Crippen LogP contribution in [0.25, 0.3) is 0 Å². The van der Waals surface area contributed by atoms with Crippen LogP contribution in [-0.2, 0) is 6.42 Å². The van der Waals surface area contributed by atoms with Gasteiger partial charge in [-0.3, -0.25) is 4.79 Å². The number of alkyl halides is 17. The predicted octanol–water partition coefficient (Wildman–Crippen LogP) is 10.0. The molecule has 1 aliphatic rings. The van der Waals surface area contributed by atoms with Gasteiger partial charge in [0.2, 0.25) is 5.78 Å². The zero-order valence-corrected chi connectivity index (χ0v) is 21.7. The molecule has 1 aliphatic carbocycles. The maximum absolute atomic E-state index is 14.3. The number of Topliss-reactive ketones (excluding diaryl/α,β-unsaturated/α-hetero) is 1. The average Bonchev–Trinajstić information content (AvgIpc) is 2.90. The highest BCUT2D eigenvalue weighted by Crippen LogP contribution is 2.64. The normalized spacial score (nSPS) is 20.3. The summed E-state index contributed by atoms with van der Waals surface area (Å²) in [7, 11) is 0. The third-order valence-electron chi connectivity index (χ3n) is 7.61. The van der Waals surface area contributed by atoms with Crippen LogP contribution >= 0.6 is 0 Å². The largest absolute Gasteiger partial charge is 0.460 e. The molecular formula is C25H23F17O. The Kier molecular flexibility index (Phi) is 9.92. The van der Waals surface area contributed by atoms with Crippen LogP contribution in [0.1, 0.15) is 61.4 Å². The van der Waals surface area contributed by atoms with Gasteiger partial charge in [0, 0.05) is 5.56 Å². The quantitative estimate of drug-likeness (QED) is 0.161. The van der Waals surface area contributed by atoms with Crippen molar-refractivity contribution >= 4 is 5.78 Å². The molecule has 248 valence electrons. The number of hydrogen-bond donors (Lipinski definition) is 0. The molecule has 0 saturated heterocycles. The Balaban J connectivity index is 2.33. The number of aryl methyl sites for hydroxylation is 1. The summed E-state index contributed by atoms with van der Waals surface area (Å²) in [5, 5.41) is 0. The van der Waals surface area contributed by atoms with Gasteiger partial charge in [-0.15, -0.1) is 0 Å². The molecule has 1 aromatic rings. The minimum absolute atomic E-state index is 0.276. The lowest BCUT2D eigenvalue weighted by atomic mass is 9.78. The topological polar surface area (TPSA) is 17.1 Å². The Labute approximate surface area is 232 Å². The van der Waals surface area contributed by atoms with Crippen LogP contribution in [-0.4, -0.2) is 53.4 Å². The van der Waals surface area contributed by atoms with E-state index in [0.717, 1.165) is 44.2 Å². The summed E-state index contributed by atoms with van der Waals surface area (Å²) in [6.07, 6.45) is -2.27. The Morgan fingerprint density at radius 1 is 0.581 bits per heavy atom. The van der Waals surface area contributed by atoms with Crippen molar-refractivity contribution in [2.75, 3.05) is 0 Å². The highest BCUT2D eigenvalue weighted by atomic mass is 19.4. The van der Waals surface area contributed by atoms with Crippen molar-refractivity contribution in [1.29, 1.82) is 0 Å². The lowest BCUT2D eigenvalue weighted by molar-refractivity contribution is -0.459. The Bertz CT molecular complexity index is 1110. The lowest BCUT2D eigenvalue weighted by Gasteiger charge is -2.42. The zero-order valence-electron chi connectivity index (χ0n) is 21.7. The van der Waals surface area contributed by atoms with E-state index in [1.165, 1.54) is 0 Å². The summed E-state index contributed by atoms with van der Waals surface area (Å²) in [6, 6.07) is 2.55. The fraction of sp³-hybridized carbons (Fsp3) is 0.720. The standard InChI is InChI=1S/C25H23F17O/c1-2-13-3-5-14(6-4-13)7-8-15-9-11-16(12-10-15)17(43)18(26,27)19(28,29)20(30,31)21(32,33)22(34,35)23(36,37)24(38,39)25(40,41)42/h9-14H,2-8H2,1H3. The van der Waals surface area contributed by atoms with Crippen molar-refractivity contribution in [3.05, 3.63) is 35.4 Å². The SMILES string of the molecule is CCC1CCC(CCc2ccc(C(=O)C(F)(F)C(F)(F)C(F)(F)C(F)(F)C(F)(F)C(F)(F)C(F)(F)C(F)(F)F)cc2)CC1. The van der Waals surface area contributed by atoms with Gasteiger partial charge >= 0.3 is 47.6 Å². The molecule has 2 rings (SSSR count). The predicted molar refractivity (Wildman–Crippen MR) is 116 cm³/mol. The summed E-state index contributed by atoms with van der Waals surface area (Å²) in [5.74, 6) is -60.5. The smallest absolute Gasteiger partial charge is 0.287 e. The third-order valence-corrected chi connectivity index (χ3v) is 7.61. The second-order valence-corrected chi connectivity index (χ2v) is 10.4. The van der Waals surface area contributed by atoms with Crippen LogP contribution < -0.4 is 0 Å². The van der Waals surface area contributed by atoms with Gasteiger partial charge in [-0.05, 0) is 30.2 Å². The van der Waals surface area contributed by atoms with Gasteiger partial charge in [0.15, 0.2) is 0 Å². The summed E-state index contributed by atoms with van der Waals surface area (Å²) < 4.78 is 229. The molecule has 1 nitrogen and oxygen atoms in total. The van der Waals surface area contributed by atoms with Crippen molar-refractivity contribution in [1.82, 2.24) is 0 Å². The van der Waals surface area contributed by atoms with Gasteiger partial charge in [-0.2, -0.15) is 74.6 Å². The monoisotopic (exact) mass is 662 g/mol. The second kappa shape index (κ2) is 11.6. The molecule has 0 N–H and O–H groups in total. The Morgan fingerprint density at radius 2 is 0.953 bits per heavy atom. The molecular weight excluding hydrogens is 639 g/mol. The van der Waals surface area contributed by atoms with E-state index in [2.05, 4.69) is 0 Å². The molecule has 0 radical (unpaired) electrons. The van der Waals surface area contributed by atoms with E-state index in [1.807, 2.05) is 6.92 Å². The van der Waals surface area contributed by atoms with Crippen molar-refractivity contribution in [3.8, 4) is 0 Å². The minimum Gasteiger partial charge on any atom is -0.287 e. The average molecular weight is 662 g/mol. The molecule has 0 aliphatic heterocycles. The number of carbonyl (C=O) groups excluding carboxylic acids is 1. The van der Waals surface area contributed by atoms with E-state index >= 15 is 0 Å². The number of carbonyl (C=O) groups is 1. The first-order valence-corrected chi connectivity index (χ1v) is 12.5. The van der Waals surface area contributed by atoms with Gasteiger partial charge in [0.05, 0.1) is 0 Å². The van der Waals surface area contributed by atoms with Crippen molar-refractivity contribution < 1.29 is 79.4 Å². The molecule has 0 spiro atoms. The molecule has 0 heterocycles. The van der Waals surface area contributed by atoms with Crippen LogP contribution in [0, 0.1) is 11.8 Å². The lowest BCUT2D eigenvalue weighted by Crippen LogP contribution is -2.75. The third kappa shape index (κ3) is 5.91. The molecule has 0 atom stereocenters. The molecule has 0 aromatic heterocycles. The van der Waals surface area contributed by atoms with Crippen molar-refractivity contribution in [3.63, 3.8) is 0 Å². The van der Waals surface area contributed by atoms with Gasteiger partial charge in [0.25, 0.3) is 0 Å². The highest BCUT2D eigenvalue weighted by Gasteiger charge is 2.95. The van der Waals surface area contributed by atoms with Crippen LogP contribution in [0.15, 0.2) is 24.3 Å². The first kappa shape index (κ1) is 36.9. The fourth-order valence-corrected chi connectivity index (χ4v) is 4.61. The maximum Gasteiger partial charge on any atom is 0.460 e. The van der Waals surface area contributed by atoms with E-state index in [4.69, 9.17) is 0 Å². The molecule has 1 aromatic carbocycles. The molecule has 0 unspecified atom stereocenters. The Morgan fingerprint density at radius 3 is 1.35 bits per heavy atom. The maximum atomic E-state index is 14.3. The van der Waals surface area contributed by atoms with E-state index < -0.39 is 59.0 Å². The number of rotatable bonds is 12. The number of benzene rings is 1. The van der Waals surface area contributed by atoms with E-state index in [-0.39, 0.29) is 12.3 Å². The summed E-state index contributed by atoms with van der Waals surface area (Å²) >= 11 is 0. The van der Waals surface area contributed by atoms with E-state index in [9.17, 15) is 79.4 Å². The molecule has 0 bridgehead atoms. The van der Waals surface area contributed by atoms with Crippen LogP contribution in [0.2, 0.25) is 0 Å². The van der Waals surface area contributed by atoms with Crippen LogP contribution in [0.4, 0.5) is 74.6 Å². The molecule has 43 heavy (non-hydrogen) atoms. The van der Waals surface area contributed by atoms with E-state index in [1.54, 1.807) is 0 Å². The van der Waals surface area contributed by atoms with Gasteiger partial charge in [-0.25, -0.2) is 0 Å². The highest BCUT2D eigenvalue weighted by molar-refractivity contribution is 6.02. The van der Waals surface area contributed by atoms with Crippen LogP contribution in [0.5, 0.6) is 0 Å². The molecule has 1 saturated carbocycles. The number of hydrogen-bond acceptors (Lipinski definition) is 1. The summed E-state index contributed by atoms with van der Waals surface area (Å²) in [6.45, 7) is 2.04. The van der Waals surface area contributed by atoms with Crippen molar-refractivity contribution in [2.24, 2.45) is 11.8 Å². The fourth-order valence-electron chi connectivity index (χ4n) is 4.61. The van der Waals surface area contributed by atoms with Gasteiger partial charge < -0.3 is 0 Å². The zero-order chi connectivity index (χ0) is 33.7. The molecule has 1 fully saturated rings. The number of ketones is 1. The Hall–Kier alpha value is -2.30. The minimum atomic E-state index is -8.73. The molecule has 18 heteroatoms. The summed E-state index contributed by atoms with van der Waals surface area (Å²) in [5.41, 5.74) is -1.23. The van der Waals surface area contributed by atoms with E-state index in [0.29, 0.717) is 30.0 Å². The first-order chi connectivity index (χ1) is 19.1. The van der Waals surface area contributed by atoms with Gasteiger partial charge in [0.1, 0.15) is 0 Å².